The molecule has 2 heterocycles. The van der Waals surface area contributed by atoms with E-state index in [9.17, 15) is 4.79 Å². The van der Waals surface area contributed by atoms with E-state index in [1.807, 2.05) is 6.07 Å². The van der Waals surface area contributed by atoms with E-state index >= 15 is 0 Å². The molecule has 104 valence electrons. The fourth-order valence-corrected chi connectivity index (χ4v) is 4.09. The zero-order valence-electron chi connectivity index (χ0n) is 11.0. The molecule has 0 aromatic carbocycles. The first-order chi connectivity index (χ1) is 9.24. The molecule has 0 radical (unpaired) electrons. The first-order valence-corrected chi connectivity index (χ1v) is 7.88. The molecule has 2 fully saturated rings. The fraction of sp³-hybridized carbons (Fsp3) is 0.643. The summed E-state index contributed by atoms with van der Waals surface area (Å²) in [5.41, 5.74) is 0. The number of hydrogen-bond acceptors (Lipinski definition) is 4. The highest BCUT2D eigenvalue weighted by molar-refractivity contribution is 7.17. The van der Waals surface area contributed by atoms with E-state index in [0.717, 1.165) is 37.2 Å². The number of carbonyl (C=O) groups is 1. The summed E-state index contributed by atoms with van der Waals surface area (Å²) >= 11 is 1.39. The minimum Gasteiger partial charge on any atom is -0.477 e. The molecular weight excluding hydrogens is 260 g/mol. The molecule has 1 aromatic heterocycles. The van der Waals surface area contributed by atoms with Crippen LogP contribution in [0.1, 0.15) is 35.4 Å². The van der Waals surface area contributed by atoms with Crippen molar-refractivity contribution in [1.29, 1.82) is 0 Å². The maximum Gasteiger partial charge on any atom is 0.345 e. The lowest BCUT2D eigenvalue weighted by atomic mass is 10.2. The summed E-state index contributed by atoms with van der Waals surface area (Å²) in [6.07, 6.45) is 5.50. The molecule has 1 saturated carbocycles. The molecule has 0 spiro atoms. The third-order valence-corrected chi connectivity index (χ3v) is 5.40. The lowest BCUT2D eigenvalue weighted by Crippen LogP contribution is -2.49. The second-order valence-electron chi connectivity index (χ2n) is 5.40. The largest absolute Gasteiger partial charge is 0.477 e. The molecule has 5 heteroatoms. The average molecular weight is 280 g/mol. The topological polar surface area (TPSA) is 43.8 Å². The lowest BCUT2D eigenvalue weighted by Gasteiger charge is -2.38. The van der Waals surface area contributed by atoms with Gasteiger partial charge in [0, 0.05) is 32.2 Å². The predicted octanol–water partition coefficient (Wildman–Crippen LogP) is 2.51. The van der Waals surface area contributed by atoms with Crippen molar-refractivity contribution in [3.8, 4) is 0 Å². The van der Waals surface area contributed by atoms with Gasteiger partial charge < -0.3 is 10.0 Å². The molecule has 19 heavy (non-hydrogen) atoms. The quantitative estimate of drug-likeness (QED) is 0.924. The van der Waals surface area contributed by atoms with Gasteiger partial charge >= 0.3 is 5.97 Å². The van der Waals surface area contributed by atoms with Crippen molar-refractivity contribution < 1.29 is 9.90 Å². The van der Waals surface area contributed by atoms with Crippen molar-refractivity contribution in [3.63, 3.8) is 0 Å². The Morgan fingerprint density at radius 3 is 2.42 bits per heavy atom. The molecule has 1 N–H and O–H groups in total. The number of piperazine rings is 1. The lowest BCUT2D eigenvalue weighted by molar-refractivity contribution is 0.0702. The van der Waals surface area contributed by atoms with Crippen LogP contribution in [0.15, 0.2) is 12.1 Å². The molecule has 3 rings (SSSR count). The normalized spacial score (nSPS) is 22.0. The van der Waals surface area contributed by atoms with Gasteiger partial charge in [0.15, 0.2) is 0 Å². The summed E-state index contributed by atoms with van der Waals surface area (Å²) in [4.78, 5) is 16.3. The highest BCUT2D eigenvalue weighted by atomic mass is 32.1. The van der Waals surface area contributed by atoms with E-state index in [-0.39, 0.29) is 0 Å². The number of thiophene rings is 1. The van der Waals surface area contributed by atoms with Gasteiger partial charge in [0.05, 0.1) is 5.00 Å². The van der Waals surface area contributed by atoms with Gasteiger partial charge in [-0.2, -0.15) is 0 Å². The Bertz CT molecular complexity index is 446. The maximum absolute atomic E-state index is 10.9. The zero-order valence-corrected chi connectivity index (χ0v) is 11.9. The highest BCUT2D eigenvalue weighted by Crippen LogP contribution is 2.29. The third-order valence-electron chi connectivity index (χ3n) is 4.27. The number of anilines is 1. The van der Waals surface area contributed by atoms with Gasteiger partial charge in [0.25, 0.3) is 0 Å². The van der Waals surface area contributed by atoms with Gasteiger partial charge in [-0.05, 0) is 25.0 Å². The number of rotatable bonds is 3. The van der Waals surface area contributed by atoms with E-state index in [1.54, 1.807) is 6.07 Å². The van der Waals surface area contributed by atoms with Gasteiger partial charge in [0.1, 0.15) is 4.88 Å². The molecule has 4 nitrogen and oxygen atoms in total. The molecule has 1 aromatic rings. The summed E-state index contributed by atoms with van der Waals surface area (Å²) in [7, 11) is 0. The van der Waals surface area contributed by atoms with Crippen LogP contribution in [-0.4, -0.2) is 48.2 Å². The molecule has 1 aliphatic carbocycles. The van der Waals surface area contributed by atoms with E-state index in [4.69, 9.17) is 5.11 Å². The van der Waals surface area contributed by atoms with Crippen molar-refractivity contribution in [1.82, 2.24) is 4.90 Å². The van der Waals surface area contributed by atoms with Crippen molar-refractivity contribution >= 4 is 22.3 Å². The second kappa shape index (κ2) is 5.51. The number of nitrogens with zero attached hydrogens (tertiary/aromatic N) is 2. The predicted molar refractivity (Wildman–Crippen MR) is 77.3 cm³/mol. The van der Waals surface area contributed by atoms with Gasteiger partial charge in [-0.15, -0.1) is 11.3 Å². The molecule has 1 saturated heterocycles. The van der Waals surface area contributed by atoms with Crippen LogP contribution in [-0.2, 0) is 0 Å². The standard InChI is InChI=1S/C14H20N2O2S/c17-14(18)12-5-6-13(19-12)16-9-7-15(8-10-16)11-3-1-2-4-11/h5-6,11H,1-4,7-10H2,(H,17,18). The van der Waals surface area contributed by atoms with E-state index in [2.05, 4.69) is 9.80 Å². The van der Waals surface area contributed by atoms with E-state index in [1.165, 1.54) is 37.0 Å². The van der Waals surface area contributed by atoms with Gasteiger partial charge in [-0.1, -0.05) is 12.8 Å². The molecular formula is C14H20N2O2S. The highest BCUT2D eigenvalue weighted by Gasteiger charge is 2.26. The molecule has 0 atom stereocenters. The smallest absolute Gasteiger partial charge is 0.345 e. The minimum atomic E-state index is -0.819. The van der Waals surface area contributed by atoms with Crippen molar-refractivity contribution in [2.75, 3.05) is 31.1 Å². The maximum atomic E-state index is 10.9. The van der Waals surface area contributed by atoms with Gasteiger partial charge in [0.2, 0.25) is 0 Å². The Hall–Kier alpha value is -1.07. The van der Waals surface area contributed by atoms with Crippen LogP contribution >= 0.6 is 11.3 Å². The Labute approximate surface area is 117 Å². The third kappa shape index (κ3) is 2.77. The SMILES string of the molecule is O=C(O)c1ccc(N2CCN(C3CCCC3)CC2)s1. The van der Waals surface area contributed by atoms with E-state index in [0.29, 0.717) is 4.88 Å². The van der Waals surface area contributed by atoms with Gasteiger partial charge in [-0.25, -0.2) is 4.79 Å². The minimum absolute atomic E-state index is 0.438. The summed E-state index contributed by atoms with van der Waals surface area (Å²) in [6.45, 7) is 4.28. The molecule has 2 aliphatic rings. The number of hydrogen-bond donors (Lipinski definition) is 1. The van der Waals surface area contributed by atoms with Crippen LogP contribution in [0.3, 0.4) is 0 Å². The second-order valence-corrected chi connectivity index (χ2v) is 6.47. The summed E-state index contributed by atoms with van der Waals surface area (Å²) in [5, 5.41) is 10.1. The first-order valence-electron chi connectivity index (χ1n) is 7.06. The molecule has 0 unspecified atom stereocenters. The van der Waals surface area contributed by atoms with Crippen LogP contribution in [0.25, 0.3) is 0 Å². The van der Waals surface area contributed by atoms with Crippen LogP contribution in [0, 0.1) is 0 Å². The Morgan fingerprint density at radius 2 is 1.84 bits per heavy atom. The van der Waals surface area contributed by atoms with Crippen molar-refractivity contribution in [2.24, 2.45) is 0 Å². The number of aromatic carboxylic acids is 1. The monoisotopic (exact) mass is 280 g/mol. The first kappa shape index (κ1) is 12.9. The Balaban J connectivity index is 1.58. The van der Waals surface area contributed by atoms with Crippen LogP contribution in [0.2, 0.25) is 0 Å². The van der Waals surface area contributed by atoms with E-state index < -0.39 is 5.97 Å². The van der Waals surface area contributed by atoms with Crippen LogP contribution < -0.4 is 4.90 Å². The fourth-order valence-electron chi connectivity index (χ4n) is 3.19. The summed E-state index contributed by atoms with van der Waals surface area (Å²) in [5.74, 6) is -0.819. The number of carboxylic acid groups (broad SMARTS) is 1. The molecule has 0 amide bonds. The Kier molecular flexibility index (Phi) is 3.75. The Morgan fingerprint density at radius 1 is 1.16 bits per heavy atom. The van der Waals surface area contributed by atoms with Crippen molar-refractivity contribution in [2.45, 2.75) is 31.7 Å². The summed E-state index contributed by atoms with van der Waals surface area (Å²) in [6, 6.07) is 4.46. The number of carboxylic acids is 1. The molecule has 0 bridgehead atoms. The zero-order chi connectivity index (χ0) is 13.2. The van der Waals surface area contributed by atoms with Crippen molar-refractivity contribution in [3.05, 3.63) is 17.0 Å². The summed E-state index contributed by atoms with van der Waals surface area (Å²) < 4.78 is 0. The van der Waals surface area contributed by atoms with Gasteiger partial charge in [-0.3, -0.25) is 4.90 Å². The average Bonchev–Trinajstić information content (AvgIpc) is 3.11. The van der Waals surface area contributed by atoms with Crippen LogP contribution in [0.5, 0.6) is 0 Å². The molecule has 1 aliphatic heterocycles. The van der Waals surface area contributed by atoms with Crippen LogP contribution in [0.4, 0.5) is 5.00 Å².